The first-order chi connectivity index (χ1) is 9.06. The summed E-state index contributed by atoms with van der Waals surface area (Å²) in [6.45, 7) is 1.67. The molecule has 1 aromatic carbocycles. The highest BCUT2D eigenvalue weighted by atomic mass is 35.5. The maximum atomic E-state index is 12.2. The van der Waals surface area contributed by atoms with Gasteiger partial charge in [-0.05, 0) is 13.0 Å². The Balaban J connectivity index is 2.55. The van der Waals surface area contributed by atoms with Crippen molar-refractivity contribution in [2.45, 2.75) is 6.92 Å². The van der Waals surface area contributed by atoms with Gasteiger partial charge in [0.2, 0.25) is 0 Å². The Kier molecular flexibility index (Phi) is 3.87. The smallest absolute Gasteiger partial charge is 0.283 e. The summed E-state index contributed by atoms with van der Waals surface area (Å²) in [6, 6.07) is 7.14. The van der Waals surface area contributed by atoms with Crippen molar-refractivity contribution < 1.29 is 14.2 Å². The number of halogens is 1. The molecule has 0 bridgehead atoms. The minimum absolute atomic E-state index is 0.337. The molecule has 0 aliphatic rings. The Labute approximate surface area is 115 Å². The van der Waals surface area contributed by atoms with E-state index in [1.807, 2.05) is 12.1 Å². The van der Waals surface area contributed by atoms with Crippen molar-refractivity contribution in [2.75, 3.05) is 14.2 Å². The Morgan fingerprint density at radius 2 is 2.11 bits per heavy atom. The number of benzene rings is 1. The highest BCUT2D eigenvalue weighted by molar-refractivity contribution is 6.33. The summed E-state index contributed by atoms with van der Waals surface area (Å²) in [6.07, 6.45) is 0. The molecule has 0 saturated heterocycles. The van der Waals surface area contributed by atoms with Crippen LogP contribution in [0.25, 0.3) is 11.3 Å². The number of rotatable bonds is 3. The monoisotopic (exact) mass is 280 g/mol. The van der Waals surface area contributed by atoms with Crippen molar-refractivity contribution in [3.63, 3.8) is 0 Å². The van der Waals surface area contributed by atoms with Crippen LogP contribution in [0.4, 0.5) is 0 Å². The molecule has 0 atom stereocenters. The van der Waals surface area contributed by atoms with Gasteiger partial charge in [-0.2, -0.15) is 0 Å². The lowest BCUT2D eigenvalue weighted by atomic mass is 10.1. The van der Waals surface area contributed by atoms with Gasteiger partial charge in [-0.3, -0.25) is 9.63 Å². The van der Waals surface area contributed by atoms with Gasteiger partial charge in [0.25, 0.3) is 5.91 Å². The van der Waals surface area contributed by atoms with Crippen LogP contribution in [0.15, 0.2) is 28.8 Å². The van der Waals surface area contributed by atoms with Crippen LogP contribution >= 0.6 is 11.6 Å². The van der Waals surface area contributed by atoms with Gasteiger partial charge >= 0.3 is 0 Å². The third kappa shape index (κ3) is 2.47. The fraction of sp³-hybridized carbons (Fsp3) is 0.231. The van der Waals surface area contributed by atoms with Crippen molar-refractivity contribution in [1.29, 1.82) is 0 Å². The number of aromatic nitrogens is 1. The molecule has 100 valence electrons. The van der Waals surface area contributed by atoms with E-state index in [1.54, 1.807) is 19.1 Å². The summed E-state index contributed by atoms with van der Waals surface area (Å²) >= 11 is 6.12. The molecule has 5 nitrogen and oxygen atoms in total. The Morgan fingerprint density at radius 1 is 1.42 bits per heavy atom. The van der Waals surface area contributed by atoms with Crippen LogP contribution < -0.4 is 0 Å². The molecule has 0 aliphatic carbocycles. The minimum atomic E-state index is -0.337. The molecule has 1 heterocycles. The Bertz CT molecular complexity index is 610. The molecule has 0 saturated carbocycles. The zero-order valence-corrected chi connectivity index (χ0v) is 11.6. The van der Waals surface area contributed by atoms with Crippen LogP contribution in [0, 0.1) is 6.92 Å². The predicted molar refractivity (Wildman–Crippen MR) is 70.8 cm³/mol. The summed E-state index contributed by atoms with van der Waals surface area (Å²) in [5.41, 5.74) is 1.41. The fourth-order valence-corrected chi connectivity index (χ4v) is 1.93. The molecule has 2 rings (SSSR count). The third-order valence-electron chi connectivity index (χ3n) is 2.77. The Hall–Kier alpha value is -1.85. The first-order valence-electron chi connectivity index (χ1n) is 5.59. The standard InChI is InChI=1S/C13H13ClN2O3/c1-8-11(13(17)16(2)18-3)12(15-19-8)9-6-4-5-7-10(9)14/h4-7H,1-3H3. The largest absolute Gasteiger partial charge is 0.360 e. The molecule has 1 aromatic heterocycles. The number of hydrogen-bond acceptors (Lipinski definition) is 4. The van der Waals surface area contributed by atoms with Gasteiger partial charge in [-0.25, -0.2) is 5.06 Å². The lowest BCUT2D eigenvalue weighted by molar-refractivity contribution is -0.0757. The van der Waals surface area contributed by atoms with E-state index < -0.39 is 0 Å². The maximum Gasteiger partial charge on any atom is 0.283 e. The van der Waals surface area contributed by atoms with E-state index in [2.05, 4.69) is 5.16 Å². The molecule has 2 aromatic rings. The first-order valence-corrected chi connectivity index (χ1v) is 5.97. The molecule has 0 radical (unpaired) electrons. The van der Waals surface area contributed by atoms with E-state index in [-0.39, 0.29) is 5.91 Å². The number of nitrogens with zero attached hydrogens (tertiary/aromatic N) is 2. The second-order valence-corrected chi connectivity index (χ2v) is 4.33. The molecule has 1 amide bonds. The third-order valence-corrected chi connectivity index (χ3v) is 3.10. The lowest BCUT2D eigenvalue weighted by Crippen LogP contribution is -2.26. The molecule has 0 unspecified atom stereocenters. The number of carbonyl (C=O) groups is 1. The van der Waals surface area contributed by atoms with Gasteiger partial charge in [0.1, 0.15) is 17.0 Å². The average molecular weight is 281 g/mol. The van der Waals surface area contributed by atoms with E-state index in [4.69, 9.17) is 21.0 Å². The van der Waals surface area contributed by atoms with Crippen LogP contribution in [0.3, 0.4) is 0 Å². The predicted octanol–water partition coefficient (Wildman–Crippen LogP) is 2.94. The molecule has 19 heavy (non-hydrogen) atoms. The van der Waals surface area contributed by atoms with Crippen molar-refractivity contribution in [1.82, 2.24) is 10.2 Å². The number of aryl methyl sites for hydroxylation is 1. The number of amides is 1. The summed E-state index contributed by atoms with van der Waals surface area (Å²) in [5, 5.41) is 5.54. The van der Waals surface area contributed by atoms with Gasteiger partial charge in [0.15, 0.2) is 0 Å². The van der Waals surface area contributed by atoms with Crippen molar-refractivity contribution in [2.24, 2.45) is 0 Å². The van der Waals surface area contributed by atoms with Gasteiger partial charge < -0.3 is 4.52 Å². The second-order valence-electron chi connectivity index (χ2n) is 3.93. The minimum Gasteiger partial charge on any atom is -0.360 e. The fourth-order valence-electron chi connectivity index (χ4n) is 1.70. The zero-order chi connectivity index (χ0) is 14.0. The van der Waals surface area contributed by atoms with E-state index in [9.17, 15) is 4.79 Å². The summed E-state index contributed by atoms with van der Waals surface area (Å²) in [7, 11) is 2.93. The van der Waals surface area contributed by atoms with E-state index in [0.29, 0.717) is 27.6 Å². The topological polar surface area (TPSA) is 55.6 Å². The zero-order valence-electron chi connectivity index (χ0n) is 10.8. The summed E-state index contributed by atoms with van der Waals surface area (Å²) < 4.78 is 5.11. The van der Waals surface area contributed by atoms with E-state index in [0.717, 1.165) is 5.06 Å². The number of hydrogen-bond donors (Lipinski definition) is 0. The van der Waals surface area contributed by atoms with Crippen LogP contribution in [0.2, 0.25) is 5.02 Å². The van der Waals surface area contributed by atoms with Crippen molar-refractivity contribution in [3.8, 4) is 11.3 Å². The lowest BCUT2D eigenvalue weighted by Gasteiger charge is -2.13. The normalized spacial score (nSPS) is 10.5. The van der Waals surface area contributed by atoms with Crippen molar-refractivity contribution in [3.05, 3.63) is 40.6 Å². The average Bonchev–Trinajstić information content (AvgIpc) is 2.79. The van der Waals surface area contributed by atoms with Crippen LogP contribution in [0.5, 0.6) is 0 Å². The summed E-state index contributed by atoms with van der Waals surface area (Å²) in [5.74, 6) is 0.0833. The van der Waals surface area contributed by atoms with Gasteiger partial charge in [-0.15, -0.1) is 0 Å². The van der Waals surface area contributed by atoms with Gasteiger partial charge in [0, 0.05) is 12.6 Å². The van der Waals surface area contributed by atoms with Gasteiger partial charge in [0.05, 0.1) is 12.1 Å². The first kappa shape index (κ1) is 13.6. The van der Waals surface area contributed by atoms with Crippen LogP contribution in [0.1, 0.15) is 16.1 Å². The van der Waals surface area contributed by atoms with Crippen LogP contribution in [-0.4, -0.2) is 30.3 Å². The highest BCUT2D eigenvalue weighted by Crippen LogP contribution is 2.31. The maximum absolute atomic E-state index is 12.2. The molecule has 0 N–H and O–H groups in total. The van der Waals surface area contributed by atoms with E-state index in [1.165, 1.54) is 14.2 Å². The molecular weight excluding hydrogens is 268 g/mol. The molecule has 0 spiro atoms. The molecular formula is C13H13ClN2O3. The molecule has 0 fully saturated rings. The number of carbonyl (C=O) groups excluding carboxylic acids is 1. The quantitative estimate of drug-likeness (QED) is 0.811. The number of hydroxylamine groups is 2. The SMILES string of the molecule is CON(C)C(=O)c1c(-c2ccccc2Cl)noc1C. The summed E-state index contributed by atoms with van der Waals surface area (Å²) in [4.78, 5) is 17.1. The molecule has 0 aliphatic heterocycles. The Morgan fingerprint density at radius 3 is 2.74 bits per heavy atom. The molecule has 6 heteroatoms. The van der Waals surface area contributed by atoms with Crippen LogP contribution in [-0.2, 0) is 4.84 Å². The highest BCUT2D eigenvalue weighted by Gasteiger charge is 2.25. The second kappa shape index (κ2) is 5.42. The van der Waals surface area contributed by atoms with E-state index >= 15 is 0 Å². The van der Waals surface area contributed by atoms with Crippen molar-refractivity contribution >= 4 is 17.5 Å². The van der Waals surface area contributed by atoms with Gasteiger partial charge in [-0.1, -0.05) is 35.0 Å².